The fourth-order valence-corrected chi connectivity index (χ4v) is 10.3. The van der Waals surface area contributed by atoms with Crippen LogP contribution in [0.25, 0.3) is 11.3 Å². The molecule has 0 radical (unpaired) electrons. The smallest absolute Gasteiger partial charge is 0.264 e. The van der Waals surface area contributed by atoms with Gasteiger partial charge in [0, 0.05) is 34.7 Å². The van der Waals surface area contributed by atoms with Crippen molar-refractivity contribution < 1.29 is 23.1 Å². The largest absolute Gasteiger partial charge is 0.475 e. The van der Waals surface area contributed by atoms with Crippen molar-refractivity contribution >= 4 is 33.6 Å². The molecule has 2 N–H and O–H groups in total. The summed E-state index contributed by atoms with van der Waals surface area (Å²) in [6, 6.07) is 24.2. The number of ether oxygens (including phenoxy) is 1. The molecule has 4 bridgehead atoms. The lowest BCUT2D eigenvalue weighted by atomic mass is 9.81. The van der Waals surface area contributed by atoms with Crippen molar-refractivity contribution in [2.24, 2.45) is 5.41 Å². The van der Waals surface area contributed by atoms with Crippen molar-refractivity contribution in [3.05, 3.63) is 101 Å². The molecule has 1 aliphatic heterocycles. The molecule has 56 heavy (non-hydrogen) atoms. The summed E-state index contributed by atoms with van der Waals surface area (Å²) in [7, 11) is -4.15. The molecule has 1 aromatic heterocycles. The molecule has 2 heterocycles. The summed E-state index contributed by atoms with van der Waals surface area (Å²) >= 11 is 1.86. The number of aromatic nitrogens is 2. The first-order valence-corrected chi connectivity index (χ1v) is 22.6. The number of nitrogens with one attached hydrogen (secondary N) is 1. The van der Waals surface area contributed by atoms with Gasteiger partial charge in [0.15, 0.2) is 0 Å². The molecule has 3 aromatic carbocycles. The average molecular weight is 799 g/mol. The fourth-order valence-electron chi connectivity index (χ4n) is 8.10. The first-order chi connectivity index (χ1) is 26.7. The Bertz CT molecular complexity index is 2040. The van der Waals surface area contributed by atoms with Gasteiger partial charge in [-0.05, 0) is 106 Å². The Hall–Kier alpha value is -3.93. The van der Waals surface area contributed by atoms with E-state index in [1.807, 2.05) is 48.7 Å². The van der Waals surface area contributed by atoms with Gasteiger partial charge in [-0.3, -0.25) is 4.79 Å². The molecule has 1 amide bonds. The number of aryl methyl sites for hydroxylation is 3. The minimum absolute atomic E-state index is 0.0428. The number of sulfonamides is 1. The Morgan fingerprint density at radius 3 is 2.36 bits per heavy atom. The maximum atomic E-state index is 14.5. The zero-order valence-corrected chi connectivity index (χ0v) is 35.2. The Labute approximate surface area is 338 Å². The second-order valence-electron chi connectivity index (χ2n) is 16.9. The minimum atomic E-state index is -4.15. The molecule has 4 aromatic rings. The van der Waals surface area contributed by atoms with E-state index in [4.69, 9.17) is 4.74 Å². The van der Waals surface area contributed by atoms with Gasteiger partial charge in [0.1, 0.15) is 6.61 Å². The minimum Gasteiger partial charge on any atom is -0.475 e. The van der Waals surface area contributed by atoms with Crippen LogP contribution in [0.1, 0.15) is 106 Å². The SMILES string of the molecule is Cc1cccc(C)c1-c1cc2nc(n1)NS(=O)(=O)c1cccc(c1)C(=O)N(CCSC1CCC(O)(CCCCCc3ccccc3)CC1)[C@H](CC(C)(C)C)CO2. The maximum absolute atomic E-state index is 14.5. The lowest BCUT2D eigenvalue weighted by Gasteiger charge is -2.37. The Morgan fingerprint density at radius 1 is 0.929 bits per heavy atom. The number of carbonyl (C=O) groups excluding carboxylic acids is 1. The fraction of sp³-hybridized carbons (Fsp3) is 0.489. The van der Waals surface area contributed by atoms with Crippen molar-refractivity contribution in [3.8, 4) is 17.1 Å². The van der Waals surface area contributed by atoms with Gasteiger partial charge >= 0.3 is 0 Å². The highest BCUT2D eigenvalue weighted by molar-refractivity contribution is 7.99. The third-order valence-electron chi connectivity index (χ3n) is 11.0. The highest BCUT2D eigenvalue weighted by Crippen LogP contribution is 2.38. The Kier molecular flexibility index (Phi) is 13.5. The van der Waals surface area contributed by atoms with E-state index in [0.29, 0.717) is 35.2 Å². The number of nitrogens with zero attached hydrogens (tertiary/aromatic N) is 3. The number of amides is 1. The van der Waals surface area contributed by atoms with Crippen molar-refractivity contribution in [1.29, 1.82) is 0 Å². The van der Waals surface area contributed by atoms with E-state index in [-0.39, 0.29) is 40.7 Å². The van der Waals surface area contributed by atoms with E-state index in [1.165, 1.54) is 17.7 Å². The van der Waals surface area contributed by atoms with Gasteiger partial charge in [0.05, 0.1) is 22.2 Å². The lowest BCUT2D eigenvalue weighted by Crippen LogP contribution is -2.47. The molecule has 11 heteroatoms. The summed E-state index contributed by atoms with van der Waals surface area (Å²) in [4.78, 5) is 25.5. The highest BCUT2D eigenvalue weighted by atomic mass is 32.2. The van der Waals surface area contributed by atoms with Gasteiger partial charge in [-0.1, -0.05) is 88.2 Å². The zero-order chi connectivity index (χ0) is 39.9. The molecule has 6 rings (SSSR count). The van der Waals surface area contributed by atoms with E-state index in [9.17, 15) is 18.3 Å². The first kappa shape index (κ1) is 41.7. The molecule has 300 valence electrons. The van der Waals surface area contributed by atoms with Crippen molar-refractivity contribution in [2.45, 2.75) is 121 Å². The molecule has 1 saturated carbocycles. The number of unbranched alkanes of at least 4 members (excludes halogenated alkanes) is 2. The van der Waals surface area contributed by atoms with Crippen LogP contribution in [0.3, 0.4) is 0 Å². The van der Waals surface area contributed by atoms with Gasteiger partial charge in [-0.2, -0.15) is 16.7 Å². The molecule has 0 unspecified atom stereocenters. The topological polar surface area (TPSA) is 122 Å². The summed E-state index contributed by atoms with van der Waals surface area (Å²) < 4.78 is 36.5. The van der Waals surface area contributed by atoms with Gasteiger partial charge in [-0.25, -0.2) is 18.1 Å². The molecular weight excluding hydrogens is 741 g/mol. The van der Waals surface area contributed by atoms with E-state index in [0.717, 1.165) is 74.5 Å². The van der Waals surface area contributed by atoms with E-state index in [2.05, 4.69) is 65.8 Å². The Morgan fingerprint density at radius 2 is 1.64 bits per heavy atom. The van der Waals surface area contributed by atoms with Crippen molar-refractivity contribution in [3.63, 3.8) is 0 Å². The third kappa shape index (κ3) is 11.1. The lowest BCUT2D eigenvalue weighted by molar-refractivity contribution is -0.00449. The highest BCUT2D eigenvalue weighted by Gasteiger charge is 2.34. The molecule has 0 spiro atoms. The number of carbonyl (C=O) groups is 1. The van der Waals surface area contributed by atoms with E-state index in [1.54, 1.807) is 18.2 Å². The van der Waals surface area contributed by atoms with Crippen LogP contribution in [0.4, 0.5) is 5.95 Å². The predicted molar refractivity (Wildman–Crippen MR) is 227 cm³/mol. The molecule has 1 aliphatic carbocycles. The van der Waals surface area contributed by atoms with Gasteiger partial charge < -0.3 is 14.7 Å². The van der Waals surface area contributed by atoms with Crippen LogP contribution in [-0.2, 0) is 16.4 Å². The summed E-state index contributed by atoms with van der Waals surface area (Å²) in [6.45, 7) is 11.1. The van der Waals surface area contributed by atoms with Gasteiger partial charge in [-0.15, -0.1) is 0 Å². The summed E-state index contributed by atoms with van der Waals surface area (Å²) in [5.74, 6) is 0.606. The van der Waals surface area contributed by atoms with Crippen LogP contribution < -0.4 is 9.46 Å². The van der Waals surface area contributed by atoms with Crippen molar-refractivity contribution in [1.82, 2.24) is 14.9 Å². The number of aliphatic hydroxyl groups is 1. The summed E-state index contributed by atoms with van der Waals surface area (Å²) in [5, 5.41) is 11.8. The third-order valence-corrected chi connectivity index (χ3v) is 13.7. The van der Waals surface area contributed by atoms with E-state index < -0.39 is 15.6 Å². The van der Waals surface area contributed by atoms with E-state index >= 15 is 0 Å². The monoisotopic (exact) mass is 798 g/mol. The van der Waals surface area contributed by atoms with Crippen LogP contribution >= 0.6 is 11.8 Å². The second-order valence-corrected chi connectivity index (χ2v) is 20.0. The molecule has 2 aliphatic rings. The maximum Gasteiger partial charge on any atom is 0.264 e. The predicted octanol–water partition coefficient (Wildman–Crippen LogP) is 9.41. The molecular formula is C45H58N4O5S2. The number of hydrogen-bond donors (Lipinski definition) is 2. The Balaban J connectivity index is 1.17. The van der Waals surface area contributed by atoms with Crippen LogP contribution in [0.5, 0.6) is 5.88 Å². The van der Waals surface area contributed by atoms with Crippen molar-refractivity contribution in [2.75, 3.05) is 23.6 Å². The first-order valence-electron chi connectivity index (χ1n) is 20.1. The number of hydrogen-bond acceptors (Lipinski definition) is 8. The number of fused-ring (bicyclic) bond motifs is 4. The standard InChI is InChI=1S/C45H58N4O5S2/c1-32-14-12-15-33(2)41(32)39-29-40-47-43(46-39)48-56(52,53)38-20-13-19-35(28-38)42(50)49(36(31-54-40)30-44(3,4)5)26-27-55-37-21-24-45(51,25-22-37)23-11-7-10-18-34-16-8-6-9-17-34/h6,8-9,12-17,19-20,28-29,36-37,51H,7,10-11,18,21-27,30-31H2,1-5H3,(H,46,47,48)/t36-,37?,45?/m1/s1. The van der Waals surface area contributed by atoms with Crippen LogP contribution in [0, 0.1) is 19.3 Å². The average Bonchev–Trinajstić information content (AvgIpc) is 3.15. The molecule has 1 atom stereocenters. The van der Waals surface area contributed by atoms with Gasteiger partial charge in [0.25, 0.3) is 15.9 Å². The van der Waals surface area contributed by atoms with Crippen LogP contribution in [-0.4, -0.2) is 70.1 Å². The molecule has 1 fully saturated rings. The second kappa shape index (κ2) is 18.1. The van der Waals surface area contributed by atoms with Gasteiger partial charge in [0.2, 0.25) is 11.8 Å². The normalized spacial score (nSPS) is 21.2. The number of benzene rings is 3. The number of thioether (sulfide) groups is 1. The molecule has 0 saturated heterocycles. The van der Waals surface area contributed by atoms with Crippen LogP contribution in [0.2, 0.25) is 0 Å². The number of anilines is 1. The van der Waals surface area contributed by atoms with Crippen LogP contribution in [0.15, 0.2) is 83.8 Å². The quantitative estimate of drug-likeness (QED) is 0.136. The summed E-state index contributed by atoms with van der Waals surface area (Å²) in [5.41, 5.74) is 4.34. The molecule has 9 nitrogen and oxygen atoms in total. The summed E-state index contributed by atoms with van der Waals surface area (Å²) in [6.07, 6.45) is 9.37. The zero-order valence-electron chi connectivity index (χ0n) is 33.6. The number of rotatable bonds is 12.